The quantitative estimate of drug-likeness (QED) is 0.712. The van der Waals surface area contributed by atoms with E-state index in [1.165, 1.54) is 0 Å². The van der Waals surface area contributed by atoms with Gasteiger partial charge in [-0.15, -0.1) is 0 Å². The zero-order chi connectivity index (χ0) is 10.4. The Hall–Kier alpha value is 0.310. The molecule has 0 aromatic rings. The van der Waals surface area contributed by atoms with Crippen LogP contribution in [0.5, 0.6) is 0 Å². The lowest BCUT2D eigenvalue weighted by atomic mass is 10.2. The van der Waals surface area contributed by atoms with E-state index < -0.39 is 0 Å². The van der Waals surface area contributed by atoms with Crippen molar-refractivity contribution in [3.63, 3.8) is 0 Å². The smallest absolute Gasteiger partial charge is 0.0172 e. The molecule has 0 radical (unpaired) electrons. The third kappa shape index (κ3) is 5.58. The average Bonchev–Trinajstić information content (AvgIpc) is 2.04. The van der Waals surface area contributed by atoms with Crippen LogP contribution in [-0.2, 0) is 0 Å². The van der Waals surface area contributed by atoms with Gasteiger partial charge in [0.15, 0.2) is 0 Å². The summed E-state index contributed by atoms with van der Waals surface area (Å²) in [6, 6.07) is 0.621. The maximum absolute atomic E-state index is 3.47. The van der Waals surface area contributed by atoms with E-state index in [-0.39, 0.29) is 0 Å². The summed E-state index contributed by atoms with van der Waals surface area (Å²) in [4.78, 5) is 0. The van der Waals surface area contributed by atoms with Gasteiger partial charge in [-0.2, -0.15) is 11.8 Å². The van der Waals surface area contributed by atoms with E-state index in [4.69, 9.17) is 0 Å². The van der Waals surface area contributed by atoms with Crippen molar-refractivity contribution < 1.29 is 0 Å². The highest BCUT2D eigenvalue weighted by atomic mass is 32.2. The SMILES string of the molecule is CCNC(C)C(C)SC(C)C(C)C. The molecule has 0 spiro atoms. The molecule has 0 aromatic carbocycles. The summed E-state index contributed by atoms with van der Waals surface area (Å²) in [7, 11) is 0. The Bertz CT molecular complexity index is 125. The zero-order valence-electron chi connectivity index (χ0n) is 9.92. The molecule has 0 heterocycles. The Labute approximate surface area is 88.1 Å². The van der Waals surface area contributed by atoms with Crippen molar-refractivity contribution in [2.24, 2.45) is 5.92 Å². The van der Waals surface area contributed by atoms with Gasteiger partial charge in [-0.25, -0.2) is 0 Å². The average molecular weight is 203 g/mol. The lowest BCUT2D eigenvalue weighted by Gasteiger charge is -2.25. The van der Waals surface area contributed by atoms with Gasteiger partial charge in [-0.05, 0) is 19.4 Å². The third-order valence-electron chi connectivity index (χ3n) is 2.60. The molecule has 0 bridgehead atoms. The van der Waals surface area contributed by atoms with Crippen LogP contribution in [0.1, 0.15) is 41.5 Å². The van der Waals surface area contributed by atoms with Gasteiger partial charge in [0.1, 0.15) is 0 Å². The molecule has 0 rings (SSSR count). The number of thioether (sulfide) groups is 1. The fourth-order valence-electron chi connectivity index (χ4n) is 1.10. The third-order valence-corrected chi connectivity index (χ3v) is 4.41. The zero-order valence-corrected chi connectivity index (χ0v) is 10.7. The molecular formula is C11H25NS. The molecule has 0 fully saturated rings. The van der Waals surface area contributed by atoms with E-state index in [0.29, 0.717) is 11.3 Å². The van der Waals surface area contributed by atoms with Gasteiger partial charge in [0, 0.05) is 16.5 Å². The fraction of sp³-hybridized carbons (Fsp3) is 1.00. The molecule has 0 amide bonds. The highest BCUT2D eigenvalue weighted by molar-refractivity contribution is 8.00. The number of nitrogens with one attached hydrogen (secondary N) is 1. The minimum absolute atomic E-state index is 0.621. The predicted octanol–water partition coefficient (Wildman–Crippen LogP) is 3.15. The first kappa shape index (κ1) is 13.3. The molecule has 0 saturated carbocycles. The summed E-state index contributed by atoms with van der Waals surface area (Å²) >= 11 is 2.09. The summed E-state index contributed by atoms with van der Waals surface area (Å²) in [5.41, 5.74) is 0. The molecular weight excluding hydrogens is 178 g/mol. The minimum atomic E-state index is 0.621. The first-order chi connectivity index (χ1) is 5.99. The van der Waals surface area contributed by atoms with Gasteiger partial charge in [-0.3, -0.25) is 0 Å². The second-order valence-corrected chi connectivity index (χ2v) is 5.90. The van der Waals surface area contributed by atoms with E-state index in [0.717, 1.165) is 17.7 Å². The van der Waals surface area contributed by atoms with Crippen molar-refractivity contribution in [3.05, 3.63) is 0 Å². The number of hydrogen-bond acceptors (Lipinski definition) is 2. The topological polar surface area (TPSA) is 12.0 Å². The fourth-order valence-corrected chi connectivity index (χ4v) is 2.42. The maximum atomic E-state index is 3.47. The summed E-state index contributed by atoms with van der Waals surface area (Å²) in [5.74, 6) is 0.779. The van der Waals surface area contributed by atoms with Crippen molar-refractivity contribution in [1.29, 1.82) is 0 Å². The van der Waals surface area contributed by atoms with Crippen LogP contribution < -0.4 is 5.32 Å². The van der Waals surface area contributed by atoms with Crippen LogP contribution in [0.4, 0.5) is 0 Å². The largest absolute Gasteiger partial charge is 0.313 e. The molecule has 3 unspecified atom stereocenters. The van der Waals surface area contributed by atoms with Gasteiger partial charge in [0.2, 0.25) is 0 Å². The minimum Gasteiger partial charge on any atom is -0.313 e. The maximum Gasteiger partial charge on any atom is 0.0172 e. The van der Waals surface area contributed by atoms with Crippen LogP contribution in [0, 0.1) is 5.92 Å². The number of rotatable bonds is 6. The highest BCUT2D eigenvalue weighted by Crippen LogP contribution is 2.25. The molecule has 3 atom stereocenters. The normalized spacial score (nSPS) is 18.7. The Kier molecular flexibility index (Phi) is 6.88. The van der Waals surface area contributed by atoms with E-state index >= 15 is 0 Å². The van der Waals surface area contributed by atoms with Crippen LogP contribution in [0.15, 0.2) is 0 Å². The Morgan fingerprint density at radius 1 is 1.00 bits per heavy atom. The second kappa shape index (κ2) is 6.72. The standard InChI is InChI=1S/C11H25NS/c1-7-12-9(4)11(6)13-10(5)8(2)3/h8-12H,7H2,1-6H3. The second-order valence-electron chi connectivity index (χ2n) is 4.14. The van der Waals surface area contributed by atoms with Crippen LogP contribution in [0.2, 0.25) is 0 Å². The van der Waals surface area contributed by atoms with Crippen LogP contribution >= 0.6 is 11.8 Å². The van der Waals surface area contributed by atoms with Crippen molar-refractivity contribution in [2.45, 2.75) is 58.1 Å². The van der Waals surface area contributed by atoms with Gasteiger partial charge in [0.25, 0.3) is 0 Å². The first-order valence-electron chi connectivity index (χ1n) is 5.37. The van der Waals surface area contributed by atoms with Crippen molar-refractivity contribution >= 4 is 11.8 Å². The lowest BCUT2D eigenvalue weighted by Crippen LogP contribution is -2.34. The van der Waals surface area contributed by atoms with E-state index in [9.17, 15) is 0 Å². The van der Waals surface area contributed by atoms with Gasteiger partial charge >= 0.3 is 0 Å². The Morgan fingerprint density at radius 2 is 1.54 bits per heavy atom. The number of hydrogen-bond donors (Lipinski definition) is 1. The molecule has 0 aromatic heterocycles. The molecule has 2 heteroatoms. The Balaban J connectivity index is 3.77. The molecule has 0 saturated heterocycles. The van der Waals surface area contributed by atoms with E-state index in [1.54, 1.807) is 0 Å². The molecule has 0 aliphatic heterocycles. The lowest BCUT2D eigenvalue weighted by molar-refractivity contribution is 0.557. The first-order valence-corrected chi connectivity index (χ1v) is 6.32. The van der Waals surface area contributed by atoms with Crippen molar-refractivity contribution in [2.75, 3.05) is 6.54 Å². The van der Waals surface area contributed by atoms with E-state index in [2.05, 4.69) is 58.6 Å². The summed E-state index contributed by atoms with van der Waals surface area (Å²) in [6.07, 6.45) is 0. The van der Waals surface area contributed by atoms with Gasteiger partial charge in [-0.1, -0.05) is 34.6 Å². The molecule has 0 aliphatic rings. The molecule has 13 heavy (non-hydrogen) atoms. The molecule has 80 valence electrons. The van der Waals surface area contributed by atoms with Crippen molar-refractivity contribution in [1.82, 2.24) is 5.32 Å². The van der Waals surface area contributed by atoms with Crippen molar-refractivity contribution in [3.8, 4) is 0 Å². The predicted molar refractivity (Wildman–Crippen MR) is 64.5 cm³/mol. The summed E-state index contributed by atoms with van der Waals surface area (Å²) in [5, 5.41) is 4.93. The monoisotopic (exact) mass is 203 g/mol. The van der Waals surface area contributed by atoms with Gasteiger partial charge < -0.3 is 5.32 Å². The Morgan fingerprint density at radius 3 is 1.92 bits per heavy atom. The molecule has 0 aliphatic carbocycles. The molecule has 1 nitrogen and oxygen atoms in total. The highest BCUT2D eigenvalue weighted by Gasteiger charge is 2.16. The van der Waals surface area contributed by atoms with Crippen LogP contribution in [0.25, 0.3) is 0 Å². The van der Waals surface area contributed by atoms with Crippen LogP contribution in [-0.4, -0.2) is 23.1 Å². The van der Waals surface area contributed by atoms with Crippen LogP contribution in [0.3, 0.4) is 0 Å². The summed E-state index contributed by atoms with van der Waals surface area (Å²) < 4.78 is 0. The molecule has 1 N–H and O–H groups in total. The van der Waals surface area contributed by atoms with Gasteiger partial charge in [0.05, 0.1) is 0 Å². The van der Waals surface area contributed by atoms with E-state index in [1.807, 2.05) is 0 Å². The summed E-state index contributed by atoms with van der Waals surface area (Å²) in [6.45, 7) is 14.7.